The summed E-state index contributed by atoms with van der Waals surface area (Å²) in [5.74, 6) is 0.522. The number of hydrogen-bond donors (Lipinski definition) is 1. The number of rotatable bonds is 5. The van der Waals surface area contributed by atoms with Gasteiger partial charge in [0.1, 0.15) is 5.75 Å². The fourth-order valence-electron chi connectivity index (χ4n) is 2.02. The average molecular weight is 313 g/mol. The number of hydrogen-bond acceptors (Lipinski definition) is 5. The number of nitrogens with two attached hydrogens (primary N) is 1. The minimum Gasteiger partial charge on any atom is -0.478 e. The Labute approximate surface area is 124 Å². The molecular weight excluding hydrogens is 294 g/mol. The lowest BCUT2D eigenvalue weighted by Gasteiger charge is -2.11. The van der Waals surface area contributed by atoms with Gasteiger partial charge in [-0.3, -0.25) is 0 Å². The third-order valence-electron chi connectivity index (χ3n) is 3.24. The second-order valence-electron chi connectivity index (χ2n) is 5.48. The summed E-state index contributed by atoms with van der Waals surface area (Å²) in [6.45, 7) is 4.45. The molecule has 1 aromatic rings. The van der Waals surface area contributed by atoms with E-state index in [-0.39, 0.29) is 4.90 Å². The van der Waals surface area contributed by atoms with Gasteiger partial charge in [0.05, 0.1) is 11.5 Å². The van der Waals surface area contributed by atoms with E-state index in [1.165, 1.54) is 18.2 Å². The van der Waals surface area contributed by atoms with Gasteiger partial charge in [-0.05, 0) is 36.1 Å². The van der Waals surface area contributed by atoms with Gasteiger partial charge >= 0.3 is 5.97 Å². The van der Waals surface area contributed by atoms with Crippen LogP contribution in [0.4, 0.5) is 0 Å². The number of esters is 1. The summed E-state index contributed by atoms with van der Waals surface area (Å²) < 4.78 is 33.2. The first-order chi connectivity index (χ1) is 9.77. The van der Waals surface area contributed by atoms with Gasteiger partial charge < -0.3 is 9.47 Å². The van der Waals surface area contributed by atoms with Crippen molar-refractivity contribution in [2.75, 3.05) is 6.61 Å². The standard InChI is InChI=1S/C14H19NO5S/c1-9(2)5-6-19-14(16)13-8-10-7-11(21(15,17)18)3-4-12(10)20-13/h3-4,7,9,13H,5-6,8H2,1-2H3,(H2,15,17,18). The average Bonchev–Trinajstić information content (AvgIpc) is 2.79. The Morgan fingerprint density at radius 2 is 2.19 bits per heavy atom. The molecule has 1 atom stereocenters. The van der Waals surface area contributed by atoms with E-state index in [1.807, 2.05) is 13.8 Å². The molecule has 0 saturated carbocycles. The number of ether oxygens (including phenoxy) is 2. The van der Waals surface area contributed by atoms with E-state index in [4.69, 9.17) is 14.6 Å². The molecule has 0 aliphatic carbocycles. The fraction of sp³-hybridized carbons (Fsp3) is 0.500. The monoisotopic (exact) mass is 313 g/mol. The quantitative estimate of drug-likeness (QED) is 0.825. The highest BCUT2D eigenvalue weighted by Crippen LogP contribution is 2.31. The summed E-state index contributed by atoms with van der Waals surface area (Å²) in [6.07, 6.45) is 0.364. The Bertz CT molecular complexity index is 639. The Kier molecular flexibility index (Phi) is 4.53. The summed E-state index contributed by atoms with van der Waals surface area (Å²) in [6, 6.07) is 4.31. The van der Waals surface area contributed by atoms with Crippen molar-refractivity contribution < 1.29 is 22.7 Å². The van der Waals surface area contributed by atoms with Gasteiger partial charge in [-0.15, -0.1) is 0 Å². The van der Waals surface area contributed by atoms with Crippen molar-refractivity contribution in [3.8, 4) is 5.75 Å². The molecule has 7 heteroatoms. The van der Waals surface area contributed by atoms with Crippen LogP contribution in [0.5, 0.6) is 5.75 Å². The summed E-state index contributed by atoms with van der Waals surface area (Å²) in [4.78, 5) is 11.9. The molecule has 0 fully saturated rings. The lowest BCUT2D eigenvalue weighted by molar-refractivity contribution is -0.151. The molecule has 1 aliphatic heterocycles. The minimum atomic E-state index is -3.76. The van der Waals surface area contributed by atoms with Crippen molar-refractivity contribution in [2.24, 2.45) is 11.1 Å². The van der Waals surface area contributed by atoms with Gasteiger partial charge in [0.25, 0.3) is 0 Å². The van der Waals surface area contributed by atoms with Crippen LogP contribution in [0.3, 0.4) is 0 Å². The summed E-state index contributed by atoms with van der Waals surface area (Å²) >= 11 is 0. The van der Waals surface area contributed by atoms with Crippen molar-refractivity contribution in [1.29, 1.82) is 0 Å². The highest BCUT2D eigenvalue weighted by Gasteiger charge is 2.31. The maximum Gasteiger partial charge on any atom is 0.347 e. The maximum atomic E-state index is 11.9. The smallest absolute Gasteiger partial charge is 0.347 e. The first-order valence-corrected chi connectivity index (χ1v) is 8.31. The molecule has 6 nitrogen and oxygen atoms in total. The Morgan fingerprint density at radius 3 is 2.81 bits per heavy atom. The van der Waals surface area contributed by atoms with Crippen molar-refractivity contribution in [1.82, 2.24) is 0 Å². The summed E-state index contributed by atoms with van der Waals surface area (Å²) in [5.41, 5.74) is 0.646. The minimum absolute atomic E-state index is 0.0127. The molecule has 1 heterocycles. The van der Waals surface area contributed by atoms with Crippen molar-refractivity contribution >= 4 is 16.0 Å². The molecule has 1 aliphatic rings. The Balaban J connectivity index is 2.01. The zero-order valence-electron chi connectivity index (χ0n) is 12.0. The van der Waals surface area contributed by atoms with E-state index in [0.29, 0.717) is 30.3 Å². The van der Waals surface area contributed by atoms with E-state index >= 15 is 0 Å². The molecule has 2 N–H and O–H groups in total. The number of carbonyl (C=O) groups is 1. The predicted molar refractivity (Wildman–Crippen MR) is 76.3 cm³/mol. The van der Waals surface area contributed by atoms with E-state index in [9.17, 15) is 13.2 Å². The third kappa shape index (κ3) is 3.95. The highest BCUT2D eigenvalue weighted by atomic mass is 32.2. The second kappa shape index (κ2) is 6.03. The fourth-order valence-corrected chi connectivity index (χ4v) is 2.59. The van der Waals surface area contributed by atoms with Crippen LogP contribution in [0.1, 0.15) is 25.8 Å². The van der Waals surface area contributed by atoms with Crippen LogP contribution in [-0.4, -0.2) is 27.1 Å². The zero-order chi connectivity index (χ0) is 15.6. The Morgan fingerprint density at radius 1 is 1.48 bits per heavy atom. The number of benzene rings is 1. The van der Waals surface area contributed by atoms with Crippen molar-refractivity contribution in [3.05, 3.63) is 23.8 Å². The van der Waals surface area contributed by atoms with Crippen LogP contribution in [0.2, 0.25) is 0 Å². The maximum absolute atomic E-state index is 11.9. The number of sulfonamides is 1. The van der Waals surface area contributed by atoms with E-state index < -0.39 is 22.1 Å². The molecule has 1 aromatic carbocycles. The number of fused-ring (bicyclic) bond motifs is 1. The van der Waals surface area contributed by atoms with Crippen LogP contribution >= 0.6 is 0 Å². The van der Waals surface area contributed by atoms with Crippen molar-refractivity contribution in [3.63, 3.8) is 0 Å². The van der Waals surface area contributed by atoms with Gasteiger partial charge in [-0.1, -0.05) is 13.8 Å². The molecule has 0 bridgehead atoms. The molecule has 0 amide bonds. The predicted octanol–water partition coefficient (Wildman–Crippen LogP) is 1.23. The first kappa shape index (κ1) is 15.8. The summed E-state index contributed by atoms with van der Waals surface area (Å²) in [7, 11) is -3.76. The van der Waals surface area contributed by atoms with Crippen molar-refractivity contribution in [2.45, 2.75) is 37.7 Å². The molecule has 116 valence electrons. The van der Waals surface area contributed by atoms with Crippen LogP contribution in [-0.2, 0) is 26.0 Å². The third-order valence-corrected chi connectivity index (χ3v) is 4.15. The van der Waals surface area contributed by atoms with Gasteiger partial charge in [-0.2, -0.15) is 0 Å². The van der Waals surface area contributed by atoms with Crippen LogP contribution < -0.4 is 9.88 Å². The van der Waals surface area contributed by atoms with E-state index in [2.05, 4.69) is 0 Å². The molecule has 0 saturated heterocycles. The molecule has 0 spiro atoms. The number of carbonyl (C=O) groups excluding carboxylic acids is 1. The zero-order valence-corrected chi connectivity index (χ0v) is 12.9. The van der Waals surface area contributed by atoms with Crippen LogP contribution in [0.15, 0.2) is 23.1 Å². The van der Waals surface area contributed by atoms with Gasteiger partial charge in [0, 0.05) is 6.42 Å². The van der Waals surface area contributed by atoms with Crippen LogP contribution in [0.25, 0.3) is 0 Å². The van der Waals surface area contributed by atoms with E-state index in [0.717, 1.165) is 6.42 Å². The lowest BCUT2D eigenvalue weighted by atomic mass is 10.1. The van der Waals surface area contributed by atoms with E-state index in [1.54, 1.807) is 0 Å². The highest BCUT2D eigenvalue weighted by molar-refractivity contribution is 7.89. The molecule has 21 heavy (non-hydrogen) atoms. The number of primary sulfonamides is 1. The first-order valence-electron chi connectivity index (χ1n) is 6.76. The molecule has 1 unspecified atom stereocenters. The van der Waals surface area contributed by atoms with Gasteiger partial charge in [0.15, 0.2) is 6.10 Å². The SMILES string of the molecule is CC(C)CCOC(=O)C1Cc2cc(S(N)(=O)=O)ccc2O1. The second-order valence-corrected chi connectivity index (χ2v) is 7.04. The normalized spacial score (nSPS) is 17.4. The van der Waals surface area contributed by atoms with Crippen LogP contribution in [0, 0.1) is 5.92 Å². The molecule has 2 rings (SSSR count). The lowest BCUT2D eigenvalue weighted by Crippen LogP contribution is -2.28. The largest absolute Gasteiger partial charge is 0.478 e. The molecular formula is C14H19NO5S. The topological polar surface area (TPSA) is 95.7 Å². The van der Waals surface area contributed by atoms with Gasteiger partial charge in [0.2, 0.25) is 10.0 Å². The molecule has 0 aromatic heterocycles. The molecule has 0 radical (unpaired) electrons. The summed E-state index contributed by atoms with van der Waals surface area (Å²) in [5, 5.41) is 5.08. The van der Waals surface area contributed by atoms with Gasteiger partial charge in [-0.25, -0.2) is 18.4 Å². The Hall–Kier alpha value is -1.60.